The number of hydrogen-bond donors (Lipinski definition) is 2. The van der Waals surface area contributed by atoms with Crippen LogP contribution in [0.15, 0.2) is 0 Å². The smallest absolute Gasteiger partial charge is 0.338 e. The Kier molecular flexibility index (Phi) is 3.19. The van der Waals surface area contributed by atoms with Crippen molar-refractivity contribution in [2.24, 2.45) is 11.8 Å². The van der Waals surface area contributed by atoms with Gasteiger partial charge in [-0.2, -0.15) is 0 Å². The zero-order valence-electron chi connectivity index (χ0n) is 9.90. The van der Waals surface area contributed by atoms with E-state index in [1.165, 1.54) is 14.0 Å². The number of β-amino-alcohol motifs (C(OH)–C–C–N with tert-alkyl or cyclic N) is 1. The first-order valence-electron chi connectivity index (χ1n) is 5.77. The van der Waals surface area contributed by atoms with E-state index in [-0.39, 0.29) is 0 Å². The zero-order valence-corrected chi connectivity index (χ0v) is 9.90. The minimum Gasteiger partial charge on any atom is -0.467 e. The van der Waals surface area contributed by atoms with Gasteiger partial charge in [0.1, 0.15) is 0 Å². The number of ether oxygens (including phenoxy) is 1. The van der Waals surface area contributed by atoms with Crippen LogP contribution >= 0.6 is 0 Å². The molecule has 2 saturated heterocycles. The molecule has 0 spiro atoms. The molecule has 2 N–H and O–H groups in total. The largest absolute Gasteiger partial charge is 0.467 e. The molecule has 0 aromatic rings. The summed E-state index contributed by atoms with van der Waals surface area (Å²) < 4.78 is 4.59. The first-order valence-corrected chi connectivity index (χ1v) is 5.77. The minimum absolute atomic E-state index is 0.368. The maximum absolute atomic E-state index is 11.4. The third-order valence-electron chi connectivity index (χ3n) is 3.62. The predicted octanol–water partition coefficient (Wildman–Crippen LogP) is -0.938. The summed E-state index contributed by atoms with van der Waals surface area (Å²) in [4.78, 5) is 13.5. The zero-order chi connectivity index (χ0) is 11.8. The summed E-state index contributed by atoms with van der Waals surface area (Å²) in [5.41, 5.74) is -1.39. The van der Waals surface area contributed by atoms with Crippen LogP contribution in [0.4, 0.5) is 0 Å². The first kappa shape index (κ1) is 11.8. The van der Waals surface area contributed by atoms with E-state index in [0.29, 0.717) is 18.4 Å². The van der Waals surface area contributed by atoms with E-state index in [2.05, 4.69) is 15.0 Å². The van der Waals surface area contributed by atoms with Gasteiger partial charge in [0.2, 0.25) is 0 Å². The number of rotatable bonds is 3. The molecule has 5 heteroatoms. The van der Waals surface area contributed by atoms with E-state index in [1.807, 2.05) is 0 Å². The fraction of sp³-hybridized carbons (Fsp3) is 0.909. The second kappa shape index (κ2) is 4.31. The van der Waals surface area contributed by atoms with Crippen molar-refractivity contribution >= 4 is 5.97 Å². The van der Waals surface area contributed by atoms with Gasteiger partial charge in [0, 0.05) is 19.6 Å². The SMILES string of the molecule is COC(=O)C(C)(O)CN1CC2CNCC2C1. The molecule has 0 aromatic heterocycles. The third kappa shape index (κ3) is 2.21. The van der Waals surface area contributed by atoms with Gasteiger partial charge in [0.25, 0.3) is 0 Å². The highest BCUT2D eigenvalue weighted by Crippen LogP contribution is 2.27. The van der Waals surface area contributed by atoms with Crippen LogP contribution in [0.2, 0.25) is 0 Å². The number of methoxy groups -OCH3 is 1. The number of esters is 1. The summed E-state index contributed by atoms with van der Waals surface area (Å²) in [5, 5.41) is 13.3. The highest BCUT2D eigenvalue weighted by molar-refractivity contribution is 5.78. The van der Waals surface area contributed by atoms with E-state index < -0.39 is 11.6 Å². The van der Waals surface area contributed by atoms with Gasteiger partial charge in [-0.1, -0.05) is 0 Å². The Balaban J connectivity index is 1.89. The fourth-order valence-electron chi connectivity index (χ4n) is 2.80. The highest BCUT2D eigenvalue weighted by atomic mass is 16.5. The number of nitrogens with one attached hydrogen (secondary N) is 1. The van der Waals surface area contributed by atoms with E-state index >= 15 is 0 Å². The lowest BCUT2D eigenvalue weighted by Crippen LogP contribution is -2.47. The molecule has 16 heavy (non-hydrogen) atoms. The van der Waals surface area contributed by atoms with Crippen molar-refractivity contribution in [2.75, 3.05) is 39.8 Å². The van der Waals surface area contributed by atoms with Crippen LogP contribution in [0.5, 0.6) is 0 Å². The molecule has 2 heterocycles. The monoisotopic (exact) mass is 228 g/mol. The van der Waals surface area contributed by atoms with Gasteiger partial charge in [-0.25, -0.2) is 4.79 Å². The van der Waals surface area contributed by atoms with Crippen LogP contribution in [0.3, 0.4) is 0 Å². The van der Waals surface area contributed by atoms with Crippen molar-refractivity contribution < 1.29 is 14.6 Å². The Morgan fingerprint density at radius 2 is 2.06 bits per heavy atom. The fourth-order valence-corrected chi connectivity index (χ4v) is 2.80. The number of aliphatic hydroxyl groups is 1. The summed E-state index contributed by atoms with van der Waals surface area (Å²) in [6.07, 6.45) is 0. The molecular formula is C11H20N2O3. The number of carbonyl (C=O) groups excluding carboxylic acids is 1. The summed E-state index contributed by atoms with van der Waals surface area (Å²) in [6.45, 7) is 5.93. The van der Waals surface area contributed by atoms with Gasteiger partial charge >= 0.3 is 5.97 Å². The number of nitrogens with zero attached hydrogens (tertiary/aromatic N) is 1. The molecule has 3 unspecified atom stereocenters. The van der Waals surface area contributed by atoms with Crippen molar-refractivity contribution in [3.63, 3.8) is 0 Å². The van der Waals surface area contributed by atoms with E-state index in [9.17, 15) is 9.90 Å². The average molecular weight is 228 g/mol. The standard InChI is InChI=1S/C11H20N2O3/c1-11(15,10(14)16-2)7-13-5-8-3-12-4-9(8)6-13/h8-9,12,15H,3-7H2,1-2H3. The van der Waals surface area contributed by atoms with Crippen LogP contribution in [0, 0.1) is 11.8 Å². The van der Waals surface area contributed by atoms with Crippen LogP contribution in [0.25, 0.3) is 0 Å². The Labute approximate surface area is 95.8 Å². The van der Waals surface area contributed by atoms with Gasteiger partial charge in [-0.15, -0.1) is 0 Å². The van der Waals surface area contributed by atoms with Crippen molar-refractivity contribution in [3.8, 4) is 0 Å². The lowest BCUT2D eigenvalue weighted by molar-refractivity contribution is -0.162. The molecule has 0 aliphatic carbocycles. The van der Waals surface area contributed by atoms with Gasteiger partial charge in [0.15, 0.2) is 5.60 Å². The van der Waals surface area contributed by atoms with Gasteiger partial charge in [0.05, 0.1) is 7.11 Å². The Bertz CT molecular complexity index is 268. The predicted molar refractivity (Wildman–Crippen MR) is 58.9 cm³/mol. The Hall–Kier alpha value is -0.650. The molecule has 2 rings (SSSR count). The maximum atomic E-state index is 11.4. The van der Waals surface area contributed by atoms with Crippen molar-refractivity contribution in [1.82, 2.24) is 10.2 Å². The van der Waals surface area contributed by atoms with Gasteiger partial charge < -0.3 is 15.2 Å². The first-order chi connectivity index (χ1) is 7.53. The van der Waals surface area contributed by atoms with E-state index in [4.69, 9.17) is 0 Å². The minimum atomic E-state index is -1.39. The summed E-state index contributed by atoms with van der Waals surface area (Å²) in [5.74, 6) is 0.796. The molecule has 0 bridgehead atoms. The third-order valence-corrected chi connectivity index (χ3v) is 3.62. The molecule has 0 amide bonds. The van der Waals surface area contributed by atoms with Crippen LogP contribution in [0.1, 0.15) is 6.92 Å². The van der Waals surface area contributed by atoms with Gasteiger partial charge in [-0.05, 0) is 31.8 Å². The average Bonchev–Trinajstić information content (AvgIpc) is 2.75. The normalized spacial score (nSPS) is 33.4. The molecule has 5 nitrogen and oxygen atoms in total. The molecule has 0 radical (unpaired) electrons. The number of carbonyl (C=O) groups is 1. The van der Waals surface area contributed by atoms with Crippen LogP contribution in [-0.4, -0.2) is 61.4 Å². The second-order valence-electron chi connectivity index (χ2n) is 5.14. The van der Waals surface area contributed by atoms with Crippen LogP contribution in [-0.2, 0) is 9.53 Å². The molecule has 2 aliphatic heterocycles. The quantitative estimate of drug-likeness (QED) is 0.611. The Morgan fingerprint density at radius 1 is 1.50 bits per heavy atom. The number of likely N-dealkylation sites (tertiary alicyclic amines) is 1. The maximum Gasteiger partial charge on any atom is 0.338 e. The lowest BCUT2D eigenvalue weighted by Gasteiger charge is -2.26. The van der Waals surface area contributed by atoms with E-state index in [0.717, 1.165) is 26.2 Å². The van der Waals surface area contributed by atoms with E-state index in [1.54, 1.807) is 0 Å². The number of fused-ring (bicyclic) bond motifs is 1. The lowest BCUT2D eigenvalue weighted by atomic mass is 10.0. The van der Waals surface area contributed by atoms with Crippen LogP contribution < -0.4 is 5.32 Å². The molecule has 2 aliphatic rings. The van der Waals surface area contributed by atoms with Crippen molar-refractivity contribution in [1.29, 1.82) is 0 Å². The van der Waals surface area contributed by atoms with Gasteiger partial charge in [-0.3, -0.25) is 4.90 Å². The van der Waals surface area contributed by atoms with Crippen molar-refractivity contribution in [2.45, 2.75) is 12.5 Å². The molecule has 92 valence electrons. The molecule has 2 fully saturated rings. The molecule has 0 aromatic carbocycles. The summed E-state index contributed by atoms with van der Waals surface area (Å²) >= 11 is 0. The number of hydrogen-bond acceptors (Lipinski definition) is 5. The molecular weight excluding hydrogens is 208 g/mol. The second-order valence-corrected chi connectivity index (χ2v) is 5.14. The molecule has 3 atom stereocenters. The summed E-state index contributed by atoms with van der Waals surface area (Å²) in [6, 6.07) is 0. The topological polar surface area (TPSA) is 61.8 Å². The molecule has 0 saturated carbocycles. The van der Waals surface area contributed by atoms with Crippen molar-refractivity contribution in [3.05, 3.63) is 0 Å². The summed E-state index contributed by atoms with van der Waals surface area (Å²) in [7, 11) is 1.30. The Morgan fingerprint density at radius 3 is 2.56 bits per heavy atom. The highest BCUT2D eigenvalue weighted by Gasteiger charge is 2.41.